The van der Waals surface area contributed by atoms with Gasteiger partial charge < -0.3 is 19.6 Å². The zero-order valence-electron chi connectivity index (χ0n) is 15.8. The van der Waals surface area contributed by atoms with Crippen LogP contribution >= 0.6 is 0 Å². The molecule has 6 heteroatoms. The first-order valence-electron chi connectivity index (χ1n) is 9.43. The summed E-state index contributed by atoms with van der Waals surface area (Å²) >= 11 is 0. The van der Waals surface area contributed by atoms with Gasteiger partial charge in [-0.3, -0.25) is 9.59 Å². The van der Waals surface area contributed by atoms with Gasteiger partial charge in [-0.25, -0.2) is 0 Å². The minimum atomic E-state index is -0.491. The zero-order chi connectivity index (χ0) is 19.7. The second-order valence-electron chi connectivity index (χ2n) is 7.47. The van der Waals surface area contributed by atoms with Crippen molar-refractivity contribution in [1.29, 1.82) is 0 Å². The lowest BCUT2D eigenvalue weighted by Crippen LogP contribution is -2.86. The van der Waals surface area contributed by atoms with Crippen molar-refractivity contribution in [2.24, 2.45) is 0 Å². The number of likely N-dealkylation sites (tertiary alicyclic amines) is 2. The van der Waals surface area contributed by atoms with Crippen molar-refractivity contribution in [2.75, 3.05) is 33.4 Å². The fourth-order valence-corrected chi connectivity index (χ4v) is 4.78. The molecule has 2 saturated heterocycles. The molecule has 2 aliphatic heterocycles. The van der Waals surface area contributed by atoms with Gasteiger partial charge >= 0.3 is 0 Å². The van der Waals surface area contributed by atoms with Gasteiger partial charge in [0.15, 0.2) is 0 Å². The van der Waals surface area contributed by atoms with Gasteiger partial charge in [-0.05, 0) is 17.7 Å². The van der Waals surface area contributed by atoms with E-state index in [1.807, 2.05) is 48.5 Å². The van der Waals surface area contributed by atoms with Crippen LogP contribution in [0.5, 0.6) is 0 Å². The van der Waals surface area contributed by atoms with Crippen molar-refractivity contribution in [3.05, 3.63) is 71.8 Å². The molecule has 146 valence electrons. The number of rotatable bonds is 5. The van der Waals surface area contributed by atoms with Crippen LogP contribution in [0.2, 0.25) is 0 Å². The van der Waals surface area contributed by atoms with E-state index in [1.165, 1.54) is 7.11 Å². The smallest absolute Gasteiger partial charge is 0.254 e. The van der Waals surface area contributed by atoms with E-state index >= 15 is 0 Å². The SMILES string of the molecule is COCC(=O)N1[C@@H](CO)[C@@H](c2ccccc2)C12CN(C(=O)c1ccccc1)C2. The number of hydrogen-bond acceptors (Lipinski definition) is 4. The highest BCUT2D eigenvalue weighted by atomic mass is 16.5. The maximum absolute atomic E-state index is 12.8. The number of aliphatic hydroxyl groups is 1. The van der Waals surface area contributed by atoms with E-state index in [4.69, 9.17) is 4.74 Å². The lowest BCUT2D eigenvalue weighted by molar-refractivity contribution is -0.196. The number of carbonyl (C=O) groups is 2. The molecule has 1 N–H and O–H groups in total. The Hall–Kier alpha value is -2.70. The topological polar surface area (TPSA) is 70.1 Å². The molecule has 0 saturated carbocycles. The van der Waals surface area contributed by atoms with E-state index in [9.17, 15) is 14.7 Å². The van der Waals surface area contributed by atoms with Crippen LogP contribution in [0.15, 0.2) is 60.7 Å². The Kier molecular flexibility index (Phi) is 4.91. The molecular weight excluding hydrogens is 356 g/mol. The third-order valence-electron chi connectivity index (χ3n) is 5.89. The fourth-order valence-electron chi connectivity index (χ4n) is 4.78. The summed E-state index contributed by atoms with van der Waals surface area (Å²) in [5, 5.41) is 9.99. The molecule has 2 heterocycles. The maximum Gasteiger partial charge on any atom is 0.254 e. The summed E-state index contributed by atoms with van der Waals surface area (Å²) < 4.78 is 5.05. The first-order chi connectivity index (χ1) is 13.6. The van der Waals surface area contributed by atoms with Crippen molar-refractivity contribution in [3.8, 4) is 0 Å². The van der Waals surface area contributed by atoms with Gasteiger partial charge in [0.25, 0.3) is 5.91 Å². The molecule has 4 rings (SSSR count). The number of benzene rings is 2. The monoisotopic (exact) mass is 380 g/mol. The van der Waals surface area contributed by atoms with Gasteiger partial charge in [-0.15, -0.1) is 0 Å². The minimum absolute atomic E-state index is 0.0145. The normalized spacial score (nSPS) is 22.5. The summed E-state index contributed by atoms with van der Waals surface area (Å²) in [6.07, 6.45) is 0. The van der Waals surface area contributed by atoms with Crippen molar-refractivity contribution in [3.63, 3.8) is 0 Å². The summed E-state index contributed by atoms with van der Waals surface area (Å²) in [5.74, 6) is -0.204. The van der Waals surface area contributed by atoms with Gasteiger partial charge in [0.05, 0.1) is 18.2 Å². The van der Waals surface area contributed by atoms with Gasteiger partial charge in [0.2, 0.25) is 5.91 Å². The van der Waals surface area contributed by atoms with E-state index in [-0.39, 0.29) is 37.0 Å². The third-order valence-corrected chi connectivity index (χ3v) is 5.89. The second kappa shape index (κ2) is 7.37. The van der Waals surface area contributed by atoms with Crippen molar-refractivity contribution in [1.82, 2.24) is 9.80 Å². The molecule has 0 aliphatic carbocycles. The van der Waals surface area contributed by atoms with Crippen LogP contribution in [0.3, 0.4) is 0 Å². The summed E-state index contributed by atoms with van der Waals surface area (Å²) in [7, 11) is 1.49. The number of carbonyl (C=O) groups excluding carboxylic acids is 2. The number of methoxy groups -OCH3 is 1. The zero-order valence-corrected chi connectivity index (χ0v) is 15.8. The first-order valence-corrected chi connectivity index (χ1v) is 9.43. The highest BCUT2D eigenvalue weighted by molar-refractivity contribution is 5.95. The average Bonchev–Trinajstić information content (AvgIpc) is 2.68. The summed E-state index contributed by atoms with van der Waals surface area (Å²) in [6.45, 7) is 0.744. The molecule has 2 amide bonds. The van der Waals surface area contributed by atoms with E-state index in [0.717, 1.165) is 5.56 Å². The van der Waals surface area contributed by atoms with E-state index in [2.05, 4.69) is 0 Å². The Bertz CT molecular complexity index is 849. The number of hydrogen-bond donors (Lipinski definition) is 1. The molecule has 0 radical (unpaired) electrons. The molecule has 2 fully saturated rings. The van der Waals surface area contributed by atoms with Gasteiger partial charge in [-0.1, -0.05) is 48.5 Å². The Balaban J connectivity index is 1.62. The number of nitrogens with zero attached hydrogens (tertiary/aromatic N) is 2. The first kappa shape index (κ1) is 18.7. The molecule has 2 aromatic carbocycles. The van der Waals surface area contributed by atoms with E-state index in [0.29, 0.717) is 18.7 Å². The highest BCUT2D eigenvalue weighted by Crippen LogP contribution is 2.54. The molecule has 6 nitrogen and oxygen atoms in total. The molecule has 28 heavy (non-hydrogen) atoms. The Morgan fingerprint density at radius 3 is 2.25 bits per heavy atom. The van der Waals surface area contributed by atoms with Crippen LogP contribution in [0.4, 0.5) is 0 Å². The van der Waals surface area contributed by atoms with Gasteiger partial charge in [0, 0.05) is 31.7 Å². The highest BCUT2D eigenvalue weighted by Gasteiger charge is 2.67. The van der Waals surface area contributed by atoms with Crippen LogP contribution < -0.4 is 0 Å². The largest absolute Gasteiger partial charge is 0.394 e. The Morgan fingerprint density at radius 2 is 1.68 bits per heavy atom. The van der Waals surface area contributed by atoms with Crippen molar-refractivity contribution >= 4 is 11.8 Å². The average molecular weight is 380 g/mol. The summed E-state index contributed by atoms with van der Waals surface area (Å²) in [4.78, 5) is 29.0. The number of aliphatic hydroxyl groups excluding tert-OH is 1. The second-order valence-corrected chi connectivity index (χ2v) is 7.47. The van der Waals surface area contributed by atoms with Crippen LogP contribution in [-0.2, 0) is 9.53 Å². The summed E-state index contributed by atoms with van der Waals surface area (Å²) in [5.41, 5.74) is 1.23. The molecule has 2 aliphatic rings. The Labute approximate surface area is 164 Å². The quantitative estimate of drug-likeness (QED) is 0.854. The Morgan fingerprint density at radius 1 is 1.07 bits per heavy atom. The number of ether oxygens (including phenoxy) is 1. The van der Waals surface area contributed by atoms with E-state index in [1.54, 1.807) is 21.9 Å². The molecule has 0 unspecified atom stereocenters. The fraction of sp³-hybridized carbons (Fsp3) is 0.364. The van der Waals surface area contributed by atoms with Crippen LogP contribution in [0.25, 0.3) is 0 Å². The predicted molar refractivity (Wildman–Crippen MR) is 104 cm³/mol. The van der Waals surface area contributed by atoms with Crippen LogP contribution in [-0.4, -0.2) is 71.7 Å². The minimum Gasteiger partial charge on any atom is -0.394 e. The summed E-state index contributed by atoms with van der Waals surface area (Å²) in [6, 6.07) is 18.8. The molecule has 0 bridgehead atoms. The lowest BCUT2D eigenvalue weighted by Gasteiger charge is -2.70. The van der Waals surface area contributed by atoms with E-state index < -0.39 is 5.54 Å². The number of amides is 2. The lowest BCUT2D eigenvalue weighted by atomic mass is 9.60. The molecule has 1 spiro atoms. The van der Waals surface area contributed by atoms with Crippen molar-refractivity contribution in [2.45, 2.75) is 17.5 Å². The van der Waals surface area contributed by atoms with Crippen LogP contribution in [0, 0.1) is 0 Å². The maximum atomic E-state index is 12.8. The van der Waals surface area contributed by atoms with Gasteiger partial charge in [0.1, 0.15) is 6.61 Å². The predicted octanol–water partition coefficient (Wildman–Crippen LogP) is 1.51. The van der Waals surface area contributed by atoms with Crippen LogP contribution in [0.1, 0.15) is 21.8 Å². The molecule has 2 aromatic rings. The van der Waals surface area contributed by atoms with Crippen molar-refractivity contribution < 1.29 is 19.4 Å². The molecule has 2 atom stereocenters. The molecular formula is C22H24N2O4. The third kappa shape index (κ3) is 2.80. The molecule has 0 aromatic heterocycles. The standard InChI is InChI=1S/C22H24N2O4/c1-28-13-19(26)24-18(12-25)20(16-8-4-2-5-9-16)22(24)14-23(15-22)21(27)17-10-6-3-7-11-17/h2-11,18,20,25H,12-15H2,1H3/t18-,20+/m0/s1. The van der Waals surface area contributed by atoms with Gasteiger partial charge in [-0.2, -0.15) is 0 Å².